The van der Waals surface area contributed by atoms with Crippen molar-refractivity contribution in [1.29, 1.82) is 5.41 Å². The number of aryl methyl sites for hydroxylation is 1. The maximum absolute atomic E-state index is 12.1. The fourth-order valence-corrected chi connectivity index (χ4v) is 2.18. The third-order valence-electron chi connectivity index (χ3n) is 3.75. The topological polar surface area (TPSA) is 118 Å². The zero-order valence-corrected chi connectivity index (χ0v) is 17.3. The number of carbonyl (C=O) groups is 3. The van der Waals surface area contributed by atoms with E-state index in [-0.39, 0.29) is 31.4 Å². The van der Waals surface area contributed by atoms with Gasteiger partial charge in [-0.2, -0.15) is 0 Å². The molecule has 0 heterocycles. The molecule has 1 atom stereocenters. The summed E-state index contributed by atoms with van der Waals surface area (Å²) < 4.78 is 15.2. The van der Waals surface area contributed by atoms with E-state index in [0.29, 0.717) is 6.42 Å². The van der Waals surface area contributed by atoms with Crippen LogP contribution in [0.1, 0.15) is 32.8 Å². The molecule has 0 aliphatic heterocycles. The van der Waals surface area contributed by atoms with Crippen molar-refractivity contribution in [1.82, 2.24) is 10.2 Å². The first-order valence-electron chi connectivity index (χ1n) is 9.39. The highest BCUT2D eigenvalue weighted by atomic mass is 16.7. The number of guanidine groups is 1. The van der Waals surface area contributed by atoms with Crippen molar-refractivity contribution in [3.05, 3.63) is 35.9 Å². The number of nitrogens with one attached hydrogen (secondary N) is 2. The van der Waals surface area contributed by atoms with Gasteiger partial charge in [-0.1, -0.05) is 44.2 Å². The quantitative estimate of drug-likeness (QED) is 0.279. The smallest absolute Gasteiger partial charge is 0.417 e. The number of nitrogens with zero attached hydrogens (tertiary/aromatic N) is 1. The molecule has 9 heteroatoms. The van der Waals surface area contributed by atoms with E-state index >= 15 is 0 Å². The maximum Gasteiger partial charge on any atom is 0.417 e. The van der Waals surface area contributed by atoms with Crippen LogP contribution in [-0.4, -0.2) is 55.4 Å². The predicted octanol–water partition coefficient (Wildman–Crippen LogP) is 2.30. The van der Waals surface area contributed by atoms with Gasteiger partial charge in [0.2, 0.25) is 5.96 Å². The zero-order valence-electron chi connectivity index (χ0n) is 17.3. The van der Waals surface area contributed by atoms with Gasteiger partial charge in [0.25, 0.3) is 6.29 Å². The second-order valence-electron chi connectivity index (χ2n) is 6.63. The Morgan fingerprint density at radius 3 is 2.34 bits per heavy atom. The summed E-state index contributed by atoms with van der Waals surface area (Å²) in [6, 6.07) is 9.49. The maximum atomic E-state index is 12.1. The highest BCUT2D eigenvalue weighted by Gasteiger charge is 2.24. The van der Waals surface area contributed by atoms with Crippen molar-refractivity contribution in [3.63, 3.8) is 0 Å². The molecule has 0 aliphatic rings. The minimum Gasteiger partial charge on any atom is -0.465 e. The number of alkyl carbamates (subject to hydrolysis) is 1. The average Bonchev–Trinajstić information content (AvgIpc) is 2.66. The number of hydrogen-bond acceptors (Lipinski definition) is 7. The van der Waals surface area contributed by atoms with E-state index in [1.54, 1.807) is 20.8 Å². The molecule has 0 spiro atoms. The van der Waals surface area contributed by atoms with Crippen molar-refractivity contribution >= 4 is 24.0 Å². The van der Waals surface area contributed by atoms with Gasteiger partial charge in [0, 0.05) is 19.4 Å². The standard InChI is InChI=1S/C20H29N3O6/c1-5-27-17(25)13-23(4)19(21)22-20(26)29-18(14(2)3)28-16(24)12-11-15-9-7-6-8-10-15/h6-10,14,18H,5,11-13H2,1-4H3,(H2,21,22,26). The number of likely N-dealkylation sites (N-methyl/N-ethyl adjacent to an activating group) is 1. The van der Waals surface area contributed by atoms with Gasteiger partial charge < -0.3 is 19.1 Å². The Labute approximate surface area is 170 Å². The van der Waals surface area contributed by atoms with Crippen LogP contribution in [0.4, 0.5) is 4.79 Å². The molecule has 1 rings (SSSR count). The van der Waals surface area contributed by atoms with Crippen LogP contribution in [0.5, 0.6) is 0 Å². The summed E-state index contributed by atoms with van der Waals surface area (Å²) >= 11 is 0. The van der Waals surface area contributed by atoms with Crippen molar-refractivity contribution in [3.8, 4) is 0 Å². The molecule has 0 saturated carbocycles. The first-order valence-corrected chi connectivity index (χ1v) is 9.39. The zero-order chi connectivity index (χ0) is 21.8. The Morgan fingerprint density at radius 2 is 1.76 bits per heavy atom. The van der Waals surface area contributed by atoms with E-state index in [2.05, 4.69) is 5.32 Å². The van der Waals surface area contributed by atoms with Gasteiger partial charge in [0.15, 0.2) is 0 Å². The lowest BCUT2D eigenvalue weighted by Crippen LogP contribution is -2.45. The number of carbonyl (C=O) groups excluding carboxylic acids is 3. The Hall–Kier alpha value is -3.10. The lowest BCUT2D eigenvalue weighted by Gasteiger charge is -2.23. The summed E-state index contributed by atoms with van der Waals surface area (Å²) in [7, 11) is 1.45. The number of hydrogen-bond donors (Lipinski definition) is 2. The first-order chi connectivity index (χ1) is 13.7. The summed E-state index contributed by atoms with van der Waals surface area (Å²) in [5.41, 5.74) is 1.00. The van der Waals surface area contributed by atoms with Crippen LogP contribution in [0, 0.1) is 11.3 Å². The van der Waals surface area contributed by atoms with Crippen LogP contribution in [0.2, 0.25) is 0 Å². The van der Waals surface area contributed by atoms with Crippen molar-refractivity contribution < 1.29 is 28.6 Å². The number of rotatable bonds is 9. The molecule has 2 N–H and O–H groups in total. The Balaban J connectivity index is 2.48. The van der Waals surface area contributed by atoms with Crippen LogP contribution in [-0.2, 0) is 30.2 Å². The van der Waals surface area contributed by atoms with Gasteiger partial charge >= 0.3 is 18.0 Å². The Kier molecular flexibility index (Phi) is 10.2. The molecule has 0 aromatic heterocycles. The summed E-state index contributed by atoms with van der Waals surface area (Å²) in [5, 5.41) is 10.00. The first kappa shape index (κ1) is 23.9. The molecule has 9 nitrogen and oxygen atoms in total. The van der Waals surface area contributed by atoms with Gasteiger partial charge in [0.1, 0.15) is 6.54 Å². The number of benzene rings is 1. The highest BCUT2D eigenvalue weighted by Crippen LogP contribution is 2.11. The van der Waals surface area contributed by atoms with Crippen LogP contribution in [0.15, 0.2) is 30.3 Å². The normalized spacial score (nSPS) is 11.3. The molecule has 0 bridgehead atoms. The Bertz CT molecular complexity index is 693. The van der Waals surface area contributed by atoms with Gasteiger partial charge in [-0.15, -0.1) is 0 Å². The second-order valence-corrected chi connectivity index (χ2v) is 6.63. The fourth-order valence-electron chi connectivity index (χ4n) is 2.18. The van der Waals surface area contributed by atoms with Gasteiger partial charge in [-0.05, 0) is 18.9 Å². The molecule has 0 aliphatic carbocycles. The van der Waals surface area contributed by atoms with Gasteiger partial charge in [-0.3, -0.25) is 20.3 Å². The molecule has 29 heavy (non-hydrogen) atoms. The SMILES string of the molecule is CCOC(=O)CN(C)C(=N)NC(=O)OC(OC(=O)CCc1ccccc1)C(C)C. The average molecular weight is 407 g/mol. The van der Waals surface area contributed by atoms with E-state index in [9.17, 15) is 14.4 Å². The fraction of sp³-hybridized carbons (Fsp3) is 0.500. The monoisotopic (exact) mass is 407 g/mol. The molecular weight excluding hydrogens is 378 g/mol. The molecule has 0 fully saturated rings. The summed E-state index contributed by atoms with van der Waals surface area (Å²) in [6.45, 7) is 5.17. The predicted molar refractivity (Wildman–Crippen MR) is 106 cm³/mol. The highest BCUT2D eigenvalue weighted by molar-refractivity contribution is 5.93. The van der Waals surface area contributed by atoms with Crippen LogP contribution >= 0.6 is 0 Å². The third-order valence-corrected chi connectivity index (χ3v) is 3.75. The molecule has 1 unspecified atom stereocenters. The van der Waals surface area contributed by atoms with E-state index in [1.165, 1.54) is 11.9 Å². The number of esters is 2. The Morgan fingerprint density at radius 1 is 1.10 bits per heavy atom. The van der Waals surface area contributed by atoms with E-state index < -0.39 is 24.3 Å². The minimum atomic E-state index is -1.10. The van der Waals surface area contributed by atoms with Crippen LogP contribution in [0.3, 0.4) is 0 Å². The second kappa shape index (κ2) is 12.4. The molecule has 1 aromatic carbocycles. The van der Waals surface area contributed by atoms with Crippen molar-refractivity contribution in [2.75, 3.05) is 20.2 Å². The number of amides is 1. The molecular formula is C20H29N3O6. The minimum absolute atomic E-state index is 0.149. The van der Waals surface area contributed by atoms with Crippen LogP contribution < -0.4 is 5.32 Å². The summed E-state index contributed by atoms with van der Waals surface area (Å²) in [4.78, 5) is 36.8. The van der Waals surface area contributed by atoms with E-state index in [4.69, 9.17) is 19.6 Å². The molecule has 0 radical (unpaired) electrons. The molecule has 0 saturated heterocycles. The summed E-state index contributed by atoms with van der Waals surface area (Å²) in [5.74, 6) is -1.65. The number of ether oxygens (including phenoxy) is 3. The van der Waals surface area contributed by atoms with Gasteiger partial charge in [0.05, 0.1) is 6.61 Å². The van der Waals surface area contributed by atoms with E-state index in [0.717, 1.165) is 5.56 Å². The largest absolute Gasteiger partial charge is 0.465 e. The van der Waals surface area contributed by atoms with Crippen LogP contribution in [0.25, 0.3) is 0 Å². The van der Waals surface area contributed by atoms with Gasteiger partial charge in [-0.25, -0.2) is 4.79 Å². The lowest BCUT2D eigenvalue weighted by molar-refractivity contribution is -0.174. The summed E-state index contributed by atoms with van der Waals surface area (Å²) in [6.07, 6.45) is -1.39. The third kappa shape index (κ3) is 9.59. The van der Waals surface area contributed by atoms with Crippen molar-refractivity contribution in [2.24, 2.45) is 5.92 Å². The molecule has 1 amide bonds. The van der Waals surface area contributed by atoms with Crippen molar-refractivity contribution in [2.45, 2.75) is 39.9 Å². The lowest BCUT2D eigenvalue weighted by atomic mass is 10.1. The van der Waals surface area contributed by atoms with E-state index in [1.807, 2.05) is 30.3 Å². The molecule has 1 aromatic rings. The molecule has 160 valence electrons.